The molecule has 14 heavy (non-hydrogen) atoms. The zero-order chi connectivity index (χ0) is 10.1. The van der Waals surface area contributed by atoms with Crippen molar-refractivity contribution in [2.45, 2.75) is 19.9 Å². The molecule has 2 heterocycles. The van der Waals surface area contributed by atoms with Gasteiger partial charge in [-0.25, -0.2) is 0 Å². The van der Waals surface area contributed by atoms with E-state index in [1.54, 1.807) is 12.4 Å². The summed E-state index contributed by atoms with van der Waals surface area (Å²) in [5.41, 5.74) is 8.04. The molecule has 4 heteroatoms. The van der Waals surface area contributed by atoms with E-state index in [1.165, 1.54) is 0 Å². The van der Waals surface area contributed by atoms with Gasteiger partial charge in [0.15, 0.2) is 0 Å². The summed E-state index contributed by atoms with van der Waals surface area (Å²) in [6.45, 7) is 3.83. The van der Waals surface area contributed by atoms with Gasteiger partial charge < -0.3 is 10.2 Å². The molecule has 1 unspecified atom stereocenters. The topological polar surface area (TPSA) is 67.8 Å². The smallest absolute Gasteiger partial charge is 0.106 e. The predicted molar refractivity (Wildman–Crippen MR) is 52.8 cm³/mol. The van der Waals surface area contributed by atoms with Crippen molar-refractivity contribution in [2.75, 3.05) is 0 Å². The number of aromatic nitrogens is 2. The van der Waals surface area contributed by atoms with Crippen LogP contribution in [0, 0.1) is 13.8 Å². The van der Waals surface area contributed by atoms with E-state index in [9.17, 15) is 0 Å². The van der Waals surface area contributed by atoms with Crippen molar-refractivity contribution in [3.63, 3.8) is 0 Å². The first-order chi connectivity index (χ1) is 6.68. The first-order valence-corrected chi connectivity index (χ1v) is 4.49. The van der Waals surface area contributed by atoms with E-state index in [-0.39, 0.29) is 6.04 Å². The minimum absolute atomic E-state index is 0.161. The van der Waals surface area contributed by atoms with Gasteiger partial charge in [-0.15, -0.1) is 0 Å². The summed E-state index contributed by atoms with van der Waals surface area (Å²) in [6, 6.07) is 1.80. The first-order valence-electron chi connectivity index (χ1n) is 4.49. The highest BCUT2D eigenvalue weighted by Gasteiger charge is 2.15. The van der Waals surface area contributed by atoms with Crippen molar-refractivity contribution in [1.82, 2.24) is 10.2 Å². The molecule has 0 radical (unpaired) electrons. The number of nitrogens with zero attached hydrogens (tertiary/aromatic N) is 1. The number of rotatable bonds is 2. The highest BCUT2D eigenvalue weighted by Crippen LogP contribution is 2.24. The molecule has 2 aromatic rings. The second-order valence-electron chi connectivity index (χ2n) is 3.38. The van der Waals surface area contributed by atoms with E-state index >= 15 is 0 Å². The van der Waals surface area contributed by atoms with Crippen LogP contribution < -0.4 is 5.73 Å². The number of nitrogens with one attached hydrogen (secondary N) is 1. The van der Waals surface area contributed by atoms with Crippen molar-refractivity contribution in [3.8, 4) is 0 Å². The third-order valence-electron chi connectivity index (χ3n) is 2.29. The SMILES string of the molecule is Cc1cc(C(N)c2cn[nH]c2)c(C)o1. The molecule has 1 atom stereocenters. The van der Waals surface area contributed by atoms with Gasteiger partial charge in [-0.05, 0) is 19.9 Å². The van der Waals surface area contributed by atoms with Crippen LogP contribution in [-0.4, -0.2) is 10.2 Å². The molecular formula is C10H13N3O. The van der Waals surface area contributed by atoms with Crippen molar-refractivity contribution >= 4 is 0 Å². The lowest BCUT2D eigenvalue weighted by Gasteiger charge is -2.06. The lowest BCUT2D eigenvalue weighted by atomic mass is 10.0. The van der Waals surface area contributed by atoms with Gasteiger partial charge in [0.25, 0.3) is 0 Å². The van der Waals surface area contributed by atoms with Gasteiger partial charge in [0.05, 0.1) is 12.2 Å². The van der Waals surface area contributed by atoms with E-state index in [1.807, 2.05) is 19.9 Å². The Bertz CT molecular complexity index is 417. The molecule has 0 bridgehead atoms. The third kappa shape index (κ3) is 1.44. The second-order valence-corrected chi connectivity index (χ2v) is 3.38. The molecule has 74 valence electrons. The normalized spacial score (nSPS) is 13.1. The van der Waals surface area contributed by atoms with Crippen LogP contribution in [-0.2, 0) is 0 Å². The largest absolute Gasteiger partial charge is 0.466 e. The molecule has 0 aliphatic carbocycles. The fourth-order valence-electron chi connectivity index (χ4n) is 1.57. The predicted octanol–water partition coefficient (Wildman–Crippen LogP) is 1.67. The van der Waals surface area contributed by atoms with E-state index in [2.05, 4.69) is 10.2 Å². The molecule has 0 aromatic carbocycles. The van der Waals surface area contributed by atoms with Crippen LogP contribution in [0.1, 0.15) is 28.7 Å². The van der Waals surface area contributed by atoms with Crippen LogP contribution in [0.3, 0.4) is 0 Å². The highest BCUT2D eigenvalue weighted by molar-refractivity contribution is 5.31. The molecule has 0 fully saturated rings. The zero-order valence-corrected chi connectivity index (χ0v) is 8.24. The fraction of sp³-hybridized carbons (Fsp3) is 0.300. The van der Waals surface area contributed by atoms with Gasteiger partial charge in [-0.1, -0.05) is 0 Å². The molecule has 2 aromatic heterocycles. The number of H-pyrrole nitrogens is 1. The van der Waals surface area contributed by atoms with Crippen LogP contribution in [0.25, 0.3) is 0 Å². The zero-order valence-electron chi connectivity index (χ0n) is 8.24. The maximum absolute atomic E-state index is 6.05. The van der Waals surface area contributed by atoms with Crippen LogP contribution in [0.5, 0.6) is 0 Å². The minimum Gasteiger partial charge on any atom is -0.466 e. The Kier molecular flexibility index (Phi) is 2.13. The lowest BCUT2D eigenvalue weighted by Crippen LogP contribution is -2.11. The summed E-state index contributed by atoms with van der Waals surface area (Å²) in [5, 5.41) is 6.62. The van der Waals surface area contributed by atoms with Gasteiger partial charge in [0, 0.05) is 17.3 Å². The van der Waals surface area contributed by atoms with Crippen LogP contribution in [0.4, 0.5) is 0 Å². The van der Waals surface area contributed by atoms with Gasteiger partial charge in [-0.2, -0.15) is 5.10 Å². The number of nitrogens with two attached hydrogens (primary N) is 1. The van der Waals surface area contributed by atoms with E-state index < -0.39 is 0 Å². The molecule has 0 saturated carbocycles. The van der Waals surface area contributed by atoms with Gasteiger partial charge >= 0.3 is 0 Å². The van der Waals surface area contributed by atoms with Crippen molar-refractivity contribution in [3.05, 3.63) is 41.1 Å². The molecule has 0 spiro atoms. The molecule has 0 saturated heterocycles. The average Bonchev–Trinajstić information content (AvgIpc) is 2.73. The average molecular weight is 191 g/mol. The summed E-state index contributed by atoms with van der Waals surface area (Å²) in [6.07, 6.45) is 3.53. The summed E-state index contributed by atoms with van der Waals surface area (Å²) < 4.78 is 5.42. The molecule has 0 amide bonds. The number of furan rings is 1. The third-order valence-corrected chi connectivity index (χ3v) is 2.29. The van der Waals surface area contributed by atoms with Crippen molar-refractivity contribution in [1.29, 1.82) is 0 Å². The van der Waals surface area contributed by atoms with E-state index in [4.69, 9.17) is 10.2 Å². The number of aromatic amines is 1. The first kappa shape index (κ1) is 9.02. The number of aryl methyl sites for hydroxylation is 2. The maximum atomic E-state index is 6.05. The van der Waals surface area contributed by atoms with Gasteiger partial charge in [-0.3, -0.25) is 5.10 Å². The molecular weight excluding hydrogens is 178 g/mol. The van der Waals surface area contributed by atoms with Crippen LogP contribution in [0.15, 0.2) is 22.9 Å². The lowest BCUT2D eigenvalue weighted by molar-refractivity contribution is 0.499. The monoisotopic (exact) mass is 191 g/mol. The molecule has 2 rings (SSSR count). The Morgan fingerprint density at radius 2 is 2.29 bits per heavy atom. The fourth-order valence-corrected chi connectivity index (χ4v) is 1.57. The Balaban J connectivity index is 2.36. The van der Waals surface area contributed by atoms with Crippen LogP contribution >= 0.6 is 0 Å². The number of hydrogen-bond donors (Lipinski definition) is 2. The standard InChI is InChI=1S/C10H13N3O/c1-6-3-9(7(2)14-6)10(11)8-4-12-13-5-8/h3-5,10H,11H2,1-2H3,(H,12,13). The Morgan fingerprint density at radius 3 is 2.79 bits per heavy atom. The van der Waals surface area contributed by atoms with Crippen molar-refractivity contribution in [2.24, 2.45) is 5.73 Å². The van der Waals surface area contributed by atoms with E-state index in [0.29, 0.717) is 0 Å². The molecule has 0 aliphatic heterocycles. The van der Waals surface area contributed by atoms with Gasteiger partial charge in [0.2, 0.25) is 0 Å². The van der Waals surface area contributed by atoms with Crippen molar-refractivity contribution < 1.29 is 4.42 Å². The minimum atomic E-state index is -0.161. The van der Waals surface area contributed by atoms with E-state index in [0.717, 1.165) is 22.6 Å². The maximum Gasteiger partial charge on any atom is 0.106 e. The highest BCUT2D eigenvalue weighted by atomic mass is 16.3. The Labute approximate surface area is 82.1 Å². The second kappa shape index (κ2) is 3.31. The van der Waals surface area contributed by atoms with Gasteiger partial charge in [0.1, 0.15) is 11.5 Å². The Hall–Kier alpha value is -1.55. The quantitative estimate of drug-likeness (QED) is 0.758. The summed E-state index contributed by atoms with van der Waals surface area (Å²) in [7, 11) is 0. The molecule has 3 N–H and O–H groups in total. The molecule has 0 aliphatic rings. The summed E-state index contributed by atoms with van der Waals surface area (Å²) in [4.78, 5) is 0. The summed E-state index contributed by atoms with van der Waals surface area (Å²) >= 11 is 0. The van der Waals surface area contributed by atoms with Crippen LogP contribution in [0.2, 0.25) is 0 Å². The number of hydrogen-bond acceptors (Lipinski definition) is 3. The Morgan fingerprint density at radius 1 is 1.50 bits per heavy atom. The molecule has 4 nitrogen and oxygen atoms in total. The summed E-state index contributed by atoms with van der Waals surface area (Å²) in [5.74, 6) is 1.76.